The van der Waals surface area contributed by atoms with Crippen molar-refractivity contribution in [2.45, 2.75) is 129 Å². The summed E-state index contributed by atoms with van der Waals surface area (Å²) in [6, 6.07) is 42.7. The molecule has 0 fully saturated rings. The van der Waals surface area contributed by atoms with Gasteiger partial charge in [-0.3, -0.25) is 0 Å². The fourth-order valence-electron chi connectivity index (χ4n) is 12.2. The van der Waals surface area contributed by atoms with Crippen LogP contribution < -0.4 is 0 Å². The zero-order valence-electron chi connectivity index (χ0n) is 54.4. The third kappa shape index (κ3) is 12.5. The summed E-state index contributed by atoms with van der Waals surface area (Å²) in [5.74, 6) is 0.413. The van der Waals surface area contributed by atoms with Crippen LogP contribution in [0.4, 0.5) is 52.7 Å². The quantitative estimate of drug-likeness (QED) is 0.149. The topological polar surface area (TPSA) is 72.3 Å². The Morgan fingerprint density at radius 3 is 0.885 bits per heavy atom. The van der Waals surface area contributed by atoms with E-state index in [4.69, 9.17) is 15.0 Å². The minimum Gasteiger partial charge on any atom is -0.309 e. The number of benzene rings is 9. The van der Waals surface area contributed by atoms with E-state index >= 15 is 0 Å². The van der Waals surface area contributed by atoms with E-state index in [2.05, 4.69) is 101 Å². The van der Waals surface area contributed by atoms with Crippen molar-refractivity contribution < 1.29 is 52.7 Å². The Morgan fingerprint density at radius 1 is 0.281 bits per heavy atom. The fourth-order valence-corrected chi connectivity index (χ4v) is 12.2. The van der Waals surface area contributed by atoms with E-state index in [0.29, 0.717) is 38.9 Å². The third-order valence-corrected chi connectivity index (χ3v) is 17.7. The average molecular weight is 1310 g/mol. The molecule has 0 bridgehead atoms. The fraction of sp³-hybridized carbons (Fsp3) is 0.256. The Bertz CT molecular complexity index is 4860. The molecule has 0 saturated heterocycles. The standard InChI is InChI=1S/C78H64F12N6/c1-71(2,3)52-29-46(30-53(35-52)72(4,5)6)68-92-69(47-31-54(73(7,8)9)36-55(32-47)74(10,11)12)94-70(93-68)61-34-45(18-24-67(61)96-65-27-21-50(77(85,86)87)39-59(65)60-40-51(78(88,89)90)22-28-66(60)96)56-33-44(43-15-13-42(41-91)14-16-43)17-23-62(56)95-63-25-19-48(75(79,80)81)37-57(63)58-38-49(76(82,83)84)20-26-64(58)95/h13-40H,1-12H3. The molecule has 0 N–H and O–H groups in total. The highest BCUT2D eigenvalue weighted by Crippen LogP contribution is 2.47. The summed E-state index contributed by atoms with van der Waals surface area (Å²) < 4.78 is 180. The molecular weight excluding hydrogens is 1250 g/mol. The predicted octanol–water partition coefficient (Wildman–Crippen LogP) is 23.5. The Morgan fingerprint density at radius 2 is 0.573 bits per heavy atom. The van der Waals surface area contributed by atoms with Crippen LogP contribution >= 0.6 is 0 Å². The number of aromatic nitrogens is 5. The van der Waals surface area contributed by atoms with Gasteiger partial charge in [-0.05, 0) is 194 Å². The first-order chi connectivity index (χ1) is 44.5. The molecule has 18 heteroatoms. The van der Waals surface area contributed by atoms with Crippen molar-refractivity contribution >= 4 is 43.6 Å². The lowest BCUT2D eigenvalue weighted by atomic mass is 9.79. The van der Waals surface area contributed by atoms with Crippen molar-refractivity contribution in [1.82, 2.24) is 24.1 Å². The highest BCUT2D eigenvalue weighted by molar-refractivity contribution is 6.12. The van der Waals surface area contributed by atoms with E-state index in [1.807, 2.05) is 24.3 Å². The van der Waals surface area contributed by atoms with E-state index < -0.39 is 68.6 Å². The Balaban J connectivity index is 1.26. The van der Waals surface area contributed by atoms with Crippen LogP contribution in [0.1, 0.15) is 133 Å². The molecule has 12 rings (SSSR count). The van der Waals surface area contributed by atoms with E-state index in [9.17, 15) is 57.9 Å². The second-order valence-electron chi connectivity index (χ2n) is 28.6. The van der Waals surface area contributed by atoms with Gasteiger partial charge in [-0.25, -0.2) is 15.0 Å². The van der Waals surface area contributed by atoms with Gasteiger partial charge in [-0.2, -0.15) is 57.9 Å². The largest absolute Gasteiger partial charge is 0.416 e. The number of rotatable bonds is 7. The molecule has 0 atom stereocenters. The lowest BCUT2D eigenvalue weighted by Crippen LogP contribution is -2.17. The number of nitrogens with zero attached hydrogens (tertiary/aromatic N) is 6. The van der Waals surface area contributed by atoms with Gasteiger partial charge in [0.15, 0.2) is 17.5 Å². The summed E-state index contributed by atoms with van der Waals surface area (Å²) in [6.07, 6.45) is -19.6. The van der Waals surface area contributed by atoms with Gasteiger partial charge in [0, 0.05) is 43.8 Å². The smallest absolute Gasteiger partial charge is 0.309 e. The monoisotopic (exact) mass is 1310 g/mol. The summed E-state index contributed by atoms with van der Waals surface area (Å²) in [5.41, 5.74) is 2.10. The van der Waals surface area contributed by atoms with E-state index in [-0.39, 0.29) is 78.0 Å². The SMILES string of the molecule is CC(C)(C)c1cc(-c2nc(-c3cc(C(C)(C)C)cc(C(C)(C)C)c3)nc(-c3cc(-c4cc(-c5ccc(C#N)cc5)ccc4-n4c5ccc(C(F)(F)F)cc5c5cc(C(F)(F)F)ccc54)ccc3-n3c4ccc(C(F)(F)F)cc4c4cc(C(F)(F)F)ccc43)n2)cc(C(C)(C)C)c1. The number of halogens is 12. The van der Waals surface area contributed by atoms with E-state index in [1.165, 1.54) is 24.3 Å². The first-order valence-corrected chi connectivity index (χ1v) is 30.9. The van der Waals surface area contributed by atoms with Crippen LogP contribution in [-0.2, 0) is 46.4 Å². The second kappa shape index (κ2) is 22.7. The van der Waals surface area contributed by atoms with Crippen LogP contribution in [-0.4, -0.2) is 24.1 Å². The van der Waals surface area contributed by atoms with Crippen LogP contribution in [0.15, 0.2) is 170 Å². The lowest BCUT2D eigenvalue weighted by molar-refractivity contribution is -0.138. The molecule has 96 heavy (non-hydrogen) atoms. The zero-order chi connectivity index (χ0) is 69.5. The molecule has 12 aromatic rings. The maximum absolute atomic E-state index is 14.8. The molecule has 0 aliphatic carbocycles. The molecule has 3 aromatic heterocycles. The van der Waals surface area contributed by atoms with Gasteiger partial charge in [-0.15, -0.1) is 0 Å². The van der Waals surface area contributed by atoms with Crippen molar-refractivity contribution in [3.63, 3.8) is 0 Å². The molecule has 0 unspecified atom stereocenters. The maximum Gasteiger partial charge on any atom is 0.416 e. The molecule has 0 aliphatic heterocycles. The van der Waals surface area contributed by atoms with E-state index in [1.54, 1.807) is 69.8 Å². The molecule has 0 spiro atoms. The molecule has 6 nitrogen and oxygen atoms in total. The first kappa shape index (κ1) is 66.3. The number of fused-ring (bicyclic) bond motifs is 6. The van der Waals surface area contributed by atoms with Crippen LogP contribution in [0, 0.1) is 11.3 Å². The Hall–Kier alpha value is -9.76. The van der Waals surface area contributed by atoms with Gasteiger partial charge >= 0.3 is 24.7 Å². The average Bonchev–Trinajstić information content (AvgIpc) is 1.55. The highest BCUT2D eigenvalue weighted by atomic mass is 19.4. The maximum atomic E-state index is 14.8. The summed E-state index contributed by atoms with van der Waals surface area (Å²) >= 11 is 0. The van der Waals surface area contributed by atoms with Crippen molar-refractivity contribution in [2.75, 3.05) is 0 Å². The van der Waals surface area contributed by atoms with Gasteiger partial charge in [0.1, 0.15) is 0 Å². The number of nitriles is 1. The Labute approximate surface area is 546 Å². The molecule has 9 aromatic carbocycles. The van der Waals surface area contributed by atoms with Crippen LogP contribution in [0.25, 0.3) is 111 Å². The number of hydrogen-bond donors (Lipinski definition) is 0. The zero-order valence-corrected chi connectivity index (χ0v) is 54.4. The van der Waals surface area contributed by atoms with Crippen LogP contribution in [0.3, 0.4) is 0 Å². The molecule has 3 heterocycles. The molecular formula is C78H64F12N6. The van der Waals surface area contributed by atoms with Gasteiger partial charge in [0.25, 0.3) is 0 Å². The van der Waals surface area contributed by atoms with Gasteiger partial charge < -0.3 is 9.13 Å². The van der Waals surface area contributed by atoms with Gasteiger partial charge in [0.05, 0.1) is 67.3 Å². The number of alkyl halides is 12. The normalized spacial score (nSPS) is 13.2. The molecule has 490 valence electrons. The highest BCUT2D eigenvalue weighted by Gasteiger charge is 2.37. The predicted molar refractivity (Wildman–Crippen MR) is 355 cm³/mol. The molecule has 0 saturated carbocycles. The lowest BCUT2D eigenvalue weighted by Gasteiger charge is -2.26. The van der Waals surface area contributed by atoms with Crippen molar-refractivity contribution in [3.8, 4) is 73.9 Å². The number of hydrogen-bond acceptors (Lipinski definition) is 4. The second-order valence-corrected chi connectivity index (χ2v) is 28.6. The summed E-state index contributed by atoms with van der Waals surface area (Å²) in [5, 5.41) is 9.20. The van der Waals surface area contributed by atoms with Crippen LogP contribution in [0.5, 0.6) is 0 Å². The van der Waals surface area contributed by atoms with Crippen molar-refractivity contribution in [2.24, 2.45) is 0 Å². The molecule has 0 amide bonds. The van der Waals surface area contributed by atoms with Crippen molar-refractivity contribution in [1.29, 1.82) is 5.26 Å². The first-order valence-electron chi connectivity index (χ1n) is 30.9. The summed E-state index contributed by atoms with van der Waals surface area (Å²) in [4.78, 5) is 16.1. The van der Waals surface area contributed by atoms with Gasteiger partial charge in [0.2, 0.25) is 0 Å². The summed E-state index contributed by atoms with van der Waals surface area (Å²) in [7, 11) is 0. The van der Waals surface area contributed by atoms with Crippen LogP contribution in [0.2, 0.25) is 0 Å². The molecule has 0 aliphatic rings. The third-order valence-electron chi connectivity index (χ3n) is 17.7. The van der Waals surface area contributed by atoms with Gasteiger partial charge in [-0.1, -0.05) is 119 Å². The van der Waals surface area contributed by atoms with E-state index in [0.717, 1.165) is 70.8 Å². The Kier molecular flexibility index (Phi) is 15.7. The summed E-state index contributed by atoms with van der Waals surface area (Å²) in [6.45, 7) is 25.0. The minimum atomic E-state index is -4.91. The van der Waals surface area contributed by atoms with Crippen molar-refractivity contribution in [3.05, 3.63) is 220 Å². The molecule has 0 radical (unpaired) electrons. The minimum absolute atomic E-state index is 0.00126.